The van der Waals surface area contributed by atoms with E-state index >= 15 is 0 Å². The van der Waals surface area contributed by atoms with Gasteiger partial charge in [-0.05, 0) is 22.3 Å². The summed E-state index contributed by atoms with van der Waals surface area (Å²) in [7, 11) is 0. The Labute approximate surface area is 236 Å². The molecule has 0 heterocycles. The fourth-order valence-electron chi connectivity index (χ4n) is 4.22. The largest absolute Gasteiger partial charge is 0.388 e. The minimum Gasteiger partial charge on any atom is -0.388 e. The summed E-state index contributed by atoms with van der Waals surface area (Å²) in [6.45, 7) is 1.45. The maximum atomic E-state index is 11.3. The third-order valence-electron chi connectivity index (χ3n) is 6.51. The average molecular weight is 543 g/mol. The van der Waals surface area contributed by atoms with Crippen LogP contribution in [0.1, 0.15) is 22.3 Å². The molecule has 0 radical (unpaired) electrons. The van der Waals surface area contributed by atoms with Crippen LogP contribution in [0.15, 0.2) is 121 Å². The van der Waals surface area contributed by atoms with Crippen molar-refractivity contribution in [1.82, 2.24) is 0 Å². The molecule has 0 aliphatic rings. The van der Waals surface area contributed by atoms with E-state index in [9.17, 15) is 10.2 Å². The Morgan fingerprint density at radius 2 is 0.675 bits per heavy atom. The topological polar surface area (TPSA) is 77.4 Å². The minimum absolute atomic E-state index is 0.0935. The Morgan fingerprint density at radius 1 is 0.400 bits per heavy atom. The third kappa shape index (κ3) is 9.99. The van der Waals surface area contributed by atoms with Gasteiger partial charge in [0, 0.05) is 0 Å². The summed E-state index contributed by atoms with van der Waals surface area (Å²) in [6, 6.07) is 39.0. The van der Waals surface area contributed by atoms with Gasteiger partial charge in [0.15, 0.2) is 0 Å². The molecular weight excluding hydrogens is 504 g/mol. The monoisotopic (exact) mass is 542 g/mol. The quantitative estimate of drug-likeness (QED) is 0.188. The summed E-state index contributed by atoms with van der Waals surface area (Å²) in [6.07, 6.45) is -4.15. The van der Waals surface area contributed by atoms with Crippen molar-refractivity contribution in [3.63, 3.8) is 0 Å². The van der Waals surface area contributed by atoms with E-state index in [1.54, 1.807) is 0 Å². The first kappa shape index (κ1) is 29.6. The summed E-state index contributed by atoms with van der Waals surface area (Å²) in [5, 5.41) is 22.7. The van der Waals surface area contributed by atoms with Gasteiger partial charge in [-0.1, -0.05) is 121 Å². The van der Waals surface area contributed by atoms with Gasteiger partial charge in [0.2, 0.25) is 0 Å². The fourth-order valence-corrected chi connectivity index (χ4v) is 4.22. The van der Waals surface area contributed by atoms with Crippen molar-refractivity contribution in [2.24, 2.45) is 0 Å². The van der Waals surface area contributed by atoms with Crippen molar-refractivity contribution in [2.45, 2.75) is 50.8 Å². The Morgan fingerprint density at radius 3 is 0.975 bits per heavy atom. The molecule has 0 aliphatic carbocycles. The predicted octanol–water partition coefficient (Wildman–Crippen LogP) is 5.31. The Balaban J connectivity index is 1.42. The van der Waals surface area contributed by atoms with Crippen LogP contribution in [0.25, 0.3) is 0 Å². The molecule has 4 aromatic rings. The van der Waals surface area contributed by atoms with E-state index in [1.807, 2.05) is 121 Å². The summed E-state index contributed by atoms with van der Waals surface area (Å²) >= 11 is 0. The van der Waals surface area contributed by atoms with Crippen LogP contribution in [0.2, 0.25) is 0 Å². The summed E-state index contributed by atoms with van der Waals surface area (Å²) in [5.41, 5.74) is 3.94. The van der Waals surface area contributed by atoms with Crippen molar-refractivity contribution >= 4 is 0 Å². The second kappa shape index (κ2) is 16.7. The number of aliphatic hydroxyl groups is 2. The lowest BCUT2D eigenvalue weighted by Gasteiger charge is -2.32. The predicted molar refractivity (Wildman–Crippen MR) is 154 cm³/mol. The van der Waals surface area contributed by atoms with Gasteiger partial charge in [-0.25, -0.2) is 0 Å². The van der Waals surface area contributed by atoms with Crippen LogP contribution in [0.5, 0.6) is 0 Å². The van der Waals surface area contributed by atoms with Crippen molar-refractivity contribution in [3.8, 4) is 0 Å². The fraction of sp³-hybridized carbons (Fsp3) is 0.294. The first-order chi connectivity index (χ1) is 19.7. The van der Waals surface area contributed by atoms with Crippen LogP contribution in [-0.2, 0) is 45.4 Å². The van der Waals surface area contributed by atoms with E-state index in [0.717, 1.165) is 22.3 Å². The highest BCUT2D eigenvalue weighted by Crippen LogP contribution is 2.17. The maximum Gasteiger partial charge on any atom is 0.111 e. The van der Waals surface area contributed by atoms with Gasteiger partial charge in [-0.15, -0.1) is 0 Å². The van der Waals surface area contributed by atoms with Crippen LogP contribution in [-0.4, -0.2) is 47.8 Å². The first-order valence-corrected chi connectivity index (χ1v) is 13.6. The molecule has 0 unspecified atom stereocenters. The molecule has 0 saturated heterocycles. The lowest BCUT2D eigenvalue weighted by molar-refractivity contribution is -0.170. The molecule has 0 bridgehead atoms. The zero-order valence-electron chi connectivity index (χ0n) is 22.6. The molecule has 210 valence electrons. The highest BCUT2D eigenvalue weighted by Gasteiger charge is 2.34. The second-order valence-corrected chi connectivity index (χ2v) is 9.65. The smallest absolute Gasteiger partial charge is 0.111 e. The van der Waals surface area contributed by atoms with E-state index in [0.29, 0.717) is 13.2 Å². The van der Waals surface area contributed by atoms with Crippen molar-refractivity contribution in [2.75, 3.05) is 13.2 Å². The van der Waals surface area contributed by atoms with Crippen LogP contribution < -0.4 is 0 Å². The summed E-state index contributed by atoms with van der Waals surface area (Å²) in [4.78, 5) is 0. The number of hydrogen-bond acceptors (Lipinski definition) is 6. The Hall–Kier alpha value is -3.36. The second-order valence-electron chi connectivity index (χ2n) is 9.65. The molecule has 0 fully saturated rings. The van der Waals surface area contributed by atoms with E-state index in [2.05, 4.69) is 0 Å². The van der Waals surface area contributed by atoms with Crippen LogP contribution in [0.4, 0.5) is 0 Å². The molecule has 0 saturated carbocycles. The van der Waals surface area contributed by atoms with Gasteiger partial charge in [-0.2, -0.15) is 0 Å². The maximum absolute atomic E-state index is 11.3. The molecule has 2 N–H and O–H groups in total. The van der Waals surface area contributed by atoms with E-state index in [4.69, 9.17) is 18.9 Å². The minimum atomic E-state index is -1.28. The van der Waals surface area contributed by atoms with Gasteiger partial charge >= 0.3 is 0 Å². The first-order valence-electron chi connectivity index (χ1n) is 13.6. The Bertz CT molecular complexity index is 1090. The molecule has 4 rings (SSSR count). The summed E-state index contributed by atoms with van der Waals surface area (Å²) in [5.74, 6) is 0. The molecule has 40 heavy (non-hydrogen) atoms. The van der Waals surface area contributed by atoms with Crippen molar-refractivity contribution in [3.05, 3.63) is 144 Å². The lowest BCUT2D eigenvalue weighted by Crippen LogP contribution is -2.49. The van der Waals surface area contributed by atoms with Crippen LogP contribution >= 0.6 is 0 Å². The average Bonchev–Trinajstić information content (AvgIpc) is 3.02. The number of ether oxygens (including phenoxy) is 4. The van der Waals surface area contributed by atoms with Gasteiger partial charge in [-0.3, -0.25) is 0 Å². The Kier molecular flexibility index (Phi) is 12.3. The van der Waals surface area contributed by atoms with Gasteiger partial charge in [0.25, 0.3) is 0 Å². The van der Waals surface area contributed by atoms with E-state index in [1.165, 1.54) is 0 Å². The van der Waals surface area contributed by atoms with Crippen LogP contribution in [0.3, 0.4) is 0 Å². The van der Waals surface area contributed by atoms with Gasteiger partial charge < -0.3 is 29.2 Å². The molecule has 0 spiro atoms. The number of hydrogen-bond donors (Lipinski definition) is 2. The van der Waals surface area contributed by atoms with Crippen LogP contribution in [0, 0.1) is 0 Å². The van der Waals surface area contributed by atoms with Gasteiger partial charge in [0.1, 0.15) is 24.4 Å². The number of rotatable bonds is 17. The molecule has 0 aliphatic heterocycles. The molecule has 0 amide bonds. The van der Waals surface area contributed by atoms with E-state index in [-0.39, 0.29) is 26.4 Å². The molecule has 4 atom stereocenters. The standard InChI is InChI=1S/C34H38O6/c35-33(31(39-23-29-17-9-3-10-18-29)25-37-21-27-13-5-1-6-14-27)34(36)32(40-24-30-19-11-4-12-20-30)26-38-22-28-15-7-2-8-16-28/h1-20,31-36H,21-26H2/t31-,32-,33-,34+/m1/s1. The number of aliphatic hydroxyl groups excluding tert-OH is 2. The SMILES string of the molecule is O[C@H]([C@H](O)[C@@H](COCc1ccccc1)OCc1ccccc1)[C@@H](COCc1ccccc1)OCc1ccccc1. The van der Waals surface area contributed by atoms with Crippen molar-refractivity contribution in [1.29, 1.82) is 0 Å². The molecule has 4 aromatic carbocycles. The highest BCUT2D eigenvalue weighted by molar-refractivity contribution is 5.15. The normalized spacial score (nSPS) is 14.3. The molecule has 0 aromatic heterocycles. The zero-order chi connectivity index (χ0) is 27.8. The number of benzene rings is 4. The molecular formula is C34H38O6. The van der Waals surface area contributed by atoms with E-state index < -0.39 is 24.4 Å². The summed E-state index contributed by atoms with van der Waals surface area (Å²) < 4.78 is 24.1. The van der Waals surface area contributed by atoms with Crippen molar-refractivity contribution < 1.29 is 29.2 Å². The zero-order valence-corrected chi connectivity index (χ0v) is 22.6. The molecule has 6 heteroatoms. The third-order valence-corrected chi connectivity index (χ3v) is 6.51. The molecule has 6 nitrogen and oxygen atoms in total. The lowest BCUT2D eigenvalue weighted by atomic mass is 10.0. The highest BCUT2D eigenvalue weighted by atomic mass is 16.6. The van der Waals surface area contributed by atoms with Gasteiger partial charge in [0.05, 0.1) is 39.6 Å².